The van der Waals surface area contributed by atoms with E-state index >= 15 is 0 Å². The number of halogens is 3. The lowest BCUT2D eigenvalue weighted by atomic mass is 10.0. The molecule has 1 N–H and O–H groups in total. The van der Waals surface area contributed by atoms with Crippen molar-refractivity contribution in [2.75, 3.05) is 6.54 Å². The highest BCUT2D eigenvalue weighted by molar-refractivity contribution is 6.35. The van der Waals surface area contributed by atoms with E-state index in [9.17, 15) is 14.0 Å². The van der Waals surface area contributed by atoms with E-state index < -0.39 is 11.9 Å². The van der Waals surface area contributed by atoms with Crippen molar-refractivity contribution in [1.82, 2.24) is 10.2 Å². The lowest BCUT2D eigenvalue weighted by Gasteiger charge is -2.32. The molecular formula is C27H27Cl2FN2O2. The number of amides is 2. The number of carbonyl (C=O) groups is 2. The van der Waals surface area contributed by atoms with Gasteiger partial charge in [-0.25, -0.2) is 4.39 Å². The Hall–Kier alpha value is -2.89. The molecule has 0 aromatic heterocycles. The Morgan fingerprint density at radius 3 is 2.35 bits per heavy atom. The van der Waals surface area contributed by atoms with E-state index in [1.165, 1.54) is 11.0 Å². The molecule has 0 spiro atoms. The fourth-order valence-electron chi connectivity index (χ4n) is 3.66. The quantitative estimate of drug-likeness (QED) is 0.380. The molecule has 1 atom stereocenters. The van der Waals surface area contributed by atoms with Crippen LogP contribution in [0.2, 0.25) is 10.0 Å². The maximum atomic E-state index is 14.3. The summed E-state index contributed by atoms with van der Waals surface area (Å²) in [5.74, 6) is -1.10. The second-order valence-electron chi connectivity index (χ2n) is 8.02. The zero-order chi connectivity index (χ0) is 24.5. The third kappa shape index (κ3) is 7.05. The minimum atomic E-state index is -0.806. The number of hydrogen-bond acceptors (Lipinski definition) is 2. The number of carbonyl (C=O) groups excluding carboxylic acids is 2. The molecule has 3 aromatic rings. The van der Waals surface area contributed by atoms with Crippen molar-refractivity contribution in [2.45, 2.75) is 38.8 Å². The summed E-state index contributed by atoms with van der Waals surface area (Å²) >= 11 is 12.5. The minimum Gasteiger partial charge on any atom is -0.354 e. The van der Waals surface area contributed by atoms with E-state index in [2.05, 4.69) is 5.32 Å². The van der Waals surface area contributed by atoms with Crippen LogP contribution in [0.5, 0.6) is 0 Å². The van der Waals surface area contributed by atoms with Gasteiger partial charge in [0, 0.05) is 29.6 Å². The Bertz CT molecular complexity index is 1120. The number of benzene rings is 3. The Balaban J connectivity index is 1.99. The van der Waals surface area contributed by atoms with Crippen LogP contribution in [0, 0.1) is 5.82 Å². The minimum absolute atomic E-state index is 0.0837. The van der Waals surface area contributed by atoms with E-state index in [0.29, 0.717) is 28.6 Å². The van der Waals surface area contributed by atoms with E-state index in [0.717, 1.165) is 12.0 Å². The lowest BCUT2D eigenvalue weighted by molar-refractivity contribution is -0.140. The third-order valence-corrected chi connectivity index (χ3v) is 6.06. The highest BCUT2D eigenvalue weighted by Gasteiger charge is 2.31. The van der Waals surface area contributed by atoms with Crippen molar-refractivity contribution in [3.63, 3.8) is 0 Å². The summed E-state index contributed by atoms with van der Waals surface area (Å²) in [6, 6.07) is 19.9. The van der Waals surface area contributed by atoms with Gasteiger partial charge in [0.25, 0.3) is 0 Å². The molecule has 0 radical (unpaired) electrons. The predicted octanol–water partition coefficient (Wildman–Crippen LogP) is 5.84. The van der Waals surface area contributed by atoms with E-state index in [-0.39, 0.29) is 30.3 Å². The SMILES string of the molecule is CCCNC(=O)[C@@H](Cc1ccccc1)N(Cc1ccc(Cl)cc1Cl)C(=O)Cc1ccccc1F. The van der Waals surface area contributed by atoms with Gasteiger partial charge in [-0.15, -0.1) is 0 Å². The summed E-state index contributed by atoms with van der Waals surface area (Å²) in [6.07, 6.45) is 0.894. The molecule has 0 saturated heterocycles. The standard InChI is InChI=1S/C27H27Cl2FN2O2/c1-2-14-31-27(34)25(15-19-8-4-3-5-9-19)32(18-21-12-13-22(28)17-23(21)29)26(33)16-20-10-6-7-11-24(20)30/h3-13,17,25H,2,14-16,18H2,1H3,(H,31,34)/t25-/m1/s1. The molecule has 178 valence electrons. The smallest absolute Gasteiger partial charge is 0.243 e. The number of nitrogens with one attached hydrogen (secondary N) is 1. The Labute approximate surface area is 209 Å². The number of nitrogens with zero attached hydrogens (tertiary/aromatic N) is 1. The van der Waals surface area contributed by atoms with Crippen molar-refractivity contribution in [1.29, 1.82) is 0 Å². The predicted molar refractivity (Wildman–Crippen MR) is 134 cm³/mol. The zero-order valence-corrected chi connectivity index (χ0v) is 20.5. The van der Waals surface area contributed by atoms with E-state index in [1.807, 2.05) is 37.3 Å². The van der Waals surface area contributed by atoms with Crippen LogP contribution in [0.1, 0.15) is 30.0 Å². The van der Waals surface area contributed by atoms with Crippen molar-refractivity contribution in [3.8, 4) is 0 Å². The monoisotopic (exact) mass is 500 g/mol. The van der Waals surface area contributed by atoms with Crippen molar-refractivity contribution < 1.29 is 14.0 Å². The summed E-state index contributed by atoms with van der Waals surface area (Å²) in [5.41, 5.74) is 1.83. The van der Waals surface area contributed by atoms with Crippen molar-refractivity contribution in [2.24, 2.45) is 0 Å². The second kappa shape index (κ2) is 12.5. The summed E-state index contributed by atoms with van der Waals surface area (Å²) in [7, 11) is 0. The van der Waals surface area contributed by atoms with Gasteiger partial charge < -0.3 is 10.2 Å². The maximum Gasteiger partial charge on any atom is 0.243 e. The lowest BCUT2D eigenvalue weighted by Crippen LogP contribution is -2.51. The summed E-state index contributed by atoms with van der Waals surface area (Å²) in [6.45, 7) is 2.53. The highest BCUT2D eigenvalue weighted by atomic mass is 35.5. The molecule has 0 heterocycles. The first-order valence-corrected chi connectivity index (χ1v) is 11.9. The van der Waals surface area contributed by atoms with Crippen molar-refractivity contribution >= 4 is 35.0 Å². The normalized spacial score (nSPS) is 11.6. The molecule has 2 amide bonds. The Morgan fingerprint density at radius 1 is 0.971 bits per heavy atom. The van der Waals surface area contributed by atoms with Gasteiger partial charge in [-0.3, -0.25) is 9.59 Å². The first-order valence-electron chi connectivity index (χ1n) is 11.2. The summed E-state index contributed by atoms with van der Waals surface area (Å²) in [5, 5.41) is 3.78. The average molecular weight is 501 g/mol. The molecule has 3 aromatic carbocycles. The van der Waals surface area contributed by atoms with Gasteiger partial charge >= 0.3 is 0 Å². The van der Waals surface area contributed by atoms with Gasteiger partial charge in [0.05, 0.1) is 6.42 Å². The van der Waals surface area contributed by atoms with Crippen LogP contribution in [0.3, 0.4) is 0 Å². The molecular weight excluding hydrogens is 474 g/mol. The van der Waals surface area contributed by atoms with Gasteiger partial charge in [-0.2, -0.15) is 0 Å². The Kier molecular flexibility index (Phi) is 9.49. The first-order chi connectivity index (χ1) is 16.4. The van der Waals surface area contributed by atoms with Gasteiger partial charge in [0.15, 0.2) is 0 Å². The fraction of sp³-hybridized carbons (Fsp3) is 0.259. The van der Waals surface area contributed by atoms with Gasteiger partial charge in [-0.05, 0) is 41.3 Å². The maximum absolute atomic E-state index is 14.3. The van der Waals surface area contributed by atoms with Crippen LogP contribution < -0.4 is 5.32 Å². The van der Waals surface area contributed by atoms with E-state index in [1.54, 1.807) is 36.4 Å². The molecule has 4 nitrogen and oxygen atoms in total. The van der Waals surface area contributed by atoms with E-state index in [4.69, 9.17) is 23.2 Å². The van der Waals surface area contributed by atoms with Crippen LogP contribution in [0.15, 0.2) is 72.8 Å². The first kappa shape index (κ1) is 25.7. The summed E-state index contributed by atoms with van der Waals surface area (Å²) in [4.78, 5) is 28.3. The molecule has 0 fully saturated rings. The van der Waals surface area contributed by atoms with Crippen LogP contribution >= 0.6 is 23.2 Å². The molecule has 0 aliphatic rings. The topological polar surface area (TPSA) is 49.4 Å². The van der Waals surface area contributed by atoms with Gasteiger partial charge in [0.2, 0.25) is 11.8 Å². The third-order valence-electron chi connectivity index (χ3n) is 5.48. The largest absolute Gasteiger partial charge is 0.354 e. The molecule has 0 aliphatic carbocycles. The van der Waals surface area contributed by atoms with Crippen LogP contribution in [0.4, 0.5) is 4.39 Å². The highest BCUT2D eigenvalue weighted by Crippen LogP contribution is 2.25. The van der Waals surface area contributed by atoms with Gasteiger partial charge in [-0.1, -0.05) is 84.7 Å². The molecule has 34 heavy (non-hydrogen) atoms. The molecule has 0 saturated carbocycles. The average Bonchev–Trinajstić information content (AvgIpc) is 2.83. The fourth-order valence-corrected chi connectivity index (χ4v) is 4.13. The van der Waals surface area contributed by atoms with Crippen LogP contribution in [0.25, 0.3) is 0 Å². The van der Waals surface area contributed by atoms with Crippen LogP contribution in [-0.4, -0.2) is 29.3 Å². The summed E-state index contributed by atoms with van der Waals surface area (Å²) < 4.78 is 14.3. The van der Waals surface area contributed by atoms with Crippen molar-refractivity contribution in [3.05, 3.63) is 105 Å². The zero-order valence-electron chi connectivity index (χ0n) is 18.9. The Morgan fingerprint density at radius 2 is 1.68 bits per heavy atom. The number of hydrogen-bond donors (Lipinski definition) is 1. The molecule has 0 bridgehead atoms. The molecule has 3 rings (SSSR count). The van der Waals surface area contributed by atoms with Gasteiger partial charge in [0.1, 0.15) is 11.9 Å². The van der Waals surface area contributed by atoms with Crippen LogP contribution in [-0.2, 0) is 29.0 Å². The molecule has 0 unspecified atom stereocenters. The molecule has 0 aliphatic heterocycles. The second-order valence-corrected chi connectivity index (χ2v) is 8.87. The molecule has 7 heteroatoms. The number of rotatable bonds is 10.